The Balaban J connectivity index is 1.81. The first-order chi connectivity index (χ1) is 15.7. The van der Waals surface area contributed by atoms with Crippen LogP contribution < -0.4 is 10.3 Å². The zero-order valence-corrected chi connectivity index (χ0v) is 18.9. The zero-order valence-electron chi connectivity index (χ0n) is 18.1. The Morgan fingerprint density at radius 3 is 2.44 bits per heavy atom. The predicted octanol–water partition coefficient (Wildman–Crippen LogP) is 3.47. The van der Waals surface area contributed by atoms with E-state index in [4.69, 9.17) is 4.74 Å². The molecular formula is C21H22F4N2O6S. The molecule has 3 unspecified atom stereocenters. The van der Waals surface area contributed by atoms with Crippen LogP contribution in [0, 0.1) is 11.7 Å². The lowest BCUT2D eigenvalue weighted by molar-refractivity contribution is -0.189. The molecule has 1 saturated heterocycles. The normalized spacial score (nSPS) is 20.1. The van der Waals surface area contributed by atoms with Gasteiger partial charge in [0.05, 0.1) is 16.5 Å². The van der Waals surface area contributed by atoms with Crippen LogP contribution in [0.25, 0.3) is 5.69 Å². The van der Waals surface area contributed by atoms with Crippen LogP contribution in [0.1, 0.15) is 19.8 Å². The number of halogens is 4. The lowest BCUT2D eigenvalue weighted by Gasteiger charge is -2.41. The molecule has 8 nitrogen and oxygen atoms in total. The van der Waals surface area contributed by atoms with Crippen molar-refractivity contribution in [2.24, 2.45) is 5.92 Å². The molecule has 1 aliphatic heterocycles. The number of alkyl halides is 3. The smallest absolute Gasteiger partial charge is 0.407 e. The first kappa shape index (κ1) is 25.5. The number of ether oxygens (including phenoxy) is 1. The summed E-state index contributed by atoms with van der Waals surface area (Å²) in [4.78, 5) is 24.4. The Hall–Kier alpha value is -3.09. The van der Waals surface area contributed by atoms with Gasteiger partial charge in [0.25, 0.3) is 5.56 Å². The number of likely N-dealkylation sites (tertiary alicyclic amines) is 1. The third-order valence-electron chi connectivity index (χ3n) is 5.74. The van der Waals surface area contributed by atoms with Crippen molar-refractivity contribution in [2.45, 2.75) is 43.0 Å². The third-order valence-corrected chi connectivity index (χ3v) is 6.85. The van der Waals surface area contributed by atoms with E-state index in [0.29, 0.717) is 0 Å². The third kappa shape index (κ3) is 5.51. The zero-order chi connectivity index (χ0) is 25.4. The lowest BCUT2D eigenvalue weighted by atomic mass is 9.89. The molecular weight excluding hydrogens is 484 g/mol. The van der Waals surface area contributed by atoms with Gasteiger partial charge in [-0.15, -0.1) is 0 Å². The molecule has 1 amide bonds. The highest BCUT2D eigenvalue weighted by atomic mass is 32.2. The van der Waals surface area contributed by atoms with E-state index in [1.54, 1.807) is 0 Å². The number of aromatic nitrogens is 1. The van der Waals surface area contributed by atoms with Gasteiger partial charge in [0, 0.05) is 43.9 Å². The second-order valence-corrected chi connectivity index (χ2v) is 10.1. The van der Waals surface area contributed by atoms with Crippen LogP contribution in [0.2, 0.25) is 0 Å². The van der Waals surface area contributed by atoms with Crippen LogP contribution in [0.3, 0.4) is 0 Å². The van der Waals surface area contributed by atoms with Crippen LogP contribution >= 0.6 is 0 Å². The van der Waals surface area contributed by atoms with Gasteiger partial charge in [-0.25, -0.2) is 17.6 Å². The maximum Gasteiger partial charge on any atom is 0.407 e. The van der Waals surface area contributed by atoms with Gasteiger partial charge < -0.3 is 14.7 Å². The molecule has 1 aromatic heterocycles. The molecule has 34 heavy (non-hydrogen) atoms. The molecule has 0 bridgehead atoms. The van der Waals surface area contributed by atoms with Crippen molar-refractivity contribution in [1.29, 1.82) is 0 Å². The number of rotatable bonds is 5. The van der Waals surface area contributed by atoms with Gasteiger partial charge in [-0.1, -0.05) is 6.92 Å². The summed E-state index contributed by atoms with van der Waals surface area (Å²) >= 11 is 0. The quantitative estimate of drug-likeness (QED) is 0.623. The average molecular weight is 506 g/mol. The number of carboxylic acid groups (broad SMARTS) is 1. The van der Waals surface area contributed by atoms with Crippen molar-refractivity contribution in [3.05, 3.63) is 52.7 Å². The Morgan fingerprint density at radius 2 is 1.91 bits per heavy atom. The van der Waals surface area contributed by atoms with Gasteiger partial charge in [0.2, 0.25) is 0 Å². The monoisotopic (exact) mass is 506 g/mol. The molecule has 0 aliphatic carbocycles. The first-order valence-corrected chi connectivity index (χ1v) is 12.0. The number of sulfone groups is 1. The predicted molar refractivity (Wildman–Crippen MR) is 112 cm³/mol. The summed E-state index contributed by atoms with van der Waals surface area (Å²) in [6.07, 6.45) is -4.82. The highest BCUT2D eigenvalue weighted by Crippen LogP contribution is 2.36. The van der Waals surface area contributed by atoms with Gasteiger partial charge in [-0.05, 0) is 24.3 Å². The lowest BCUT2D eigenvalue weighted by Crippen LogP contribution is -2.53. The standard InChI is InChI=1S/C21H22F4N2O6S/c1-12(21(23,24)25)18-9-13(6-8-27(18)20(29)30)33-14-5-7-26(19(28)10-14)17-4-3-15(11-16(17)22)34(2,31)32/h3-5,7,10-13,18H,6,8-9H2,1-2H3,(H,29,30). The maximum atomic E-state index is 14.4. The van der Waals surface area contributed by atoms with Crippen molar-refractivity contribution in [3.8, 4) is 11.4 Å². The van der Waals surface area contributed by atoms with Crippen molar-refractivity contribution < 1.29 is 40.6 Å². The minimum atomic E-state index is -4.60. The summed E-state index contributed by atoms with van der Waals surface area (Å²) in [7, 11) is -3.64. The number of nitrogens with zero attached hydrogens (tertiary/aromatic N) is 2. The molecule has 0 saturated carbocycles. The largest absolute Gasteiger partial charge is 0.490 e. The first-order valence-electron chi connectivity index (χ1n) is 10.1. The Labute approximate surface area is 192 Å². The molecule has 0 radical (unpaired) electrons. The minimum Gasteiger partial charge on any atom is -0.490 e. The van der Waals surface area contributed by atoms with Crippen molar-refractivity contribution in [3.63, 3.8) is 0 Å². The fourth-order valence-electron chi connectivity index (χ4n) is 3.84. The molecule has 1 aliphatic rings. The summed E-state index contributed by atoms with van der Waals surface area (Å²) in [6.45, 7) is 0.744. The summed E-state index contributed by atoms with van der Waals surface area (Å²) in [5, 5.41) is 9.27. The van der Waals surface area contributed by atoms with E-state index in [0.717, 1.165) is 46.9 Å². The molecule has 1 fully saturated rings. The fourth-order valence-corrected chi connectivity index (χ4v) is 4.47. The van der Waals surface area contributed by atoms with Gasteiger partial charge in [0.1, 0.15) is 17.7 Å². The van der Waals surface area contributed by atoms with Gasteiger partial charge >= 0.3 is 12.3 Å². The molecule has 2 aromatic rings. The minimum absolute atomic E-state index is 0.0293. The van der Waals surface area contributed by atoms with Gasteiger partial charge in [0.15, 0.2) is 9.84 Å². The molecule has 1 N–H and O–H groups in total. The van der Waals surface area contributed by atoms with Crippen molar-refractivity contribution >= 4 is 15.9 Å². The number of hydrogen-bond acceptors (Lipinski definition) is 5. The Morgan fingerprint density at radius 1 is 1.24 bits per heavy atom. The van der Waals surface area contributed by atoms with Crippen LogP contribution in [0.4, 0.5) is 22.4 Å². The molecule has 1 aromatic carbocycles. The topological polar surface area (TPSA) is 106 Å². The van der Waals surface area contributed by atoms with Crippen LogP contribution in [0.5, 0.6) is 5.75 Å². The van der Waals surface area contributed by atoms with E-state index in [1.165, 1.54) is 12.3 Å². The van der Waals surface area contributed by atoms with E-state index >= 15 is 0 Å². The van der Waals surface area contributed by atoms with E-state index in [9.17, 15) is 40.7 Å². The molecule has 2 heterocycles. The number of hydrogen-bond donors (Lipinski definition) is 1. The summed E-state index contributed by atoms with van der Waals surface area (Å²) in [5.74, 6) is -2.83. The summed E-state index contributed by atoms with van der Waals surface area (Å²) in [5.41, 5.74) is -0.913. The van der Waals surface area contributed by atoms with Gasteiger partial charge in [-0.2, -0.15) is 13.2 Å². The fraction of sp³-hybridized carbons (Fsp3) is 0.429. The maximum absolute atomic E-state index is 14.4. The van der Waals surface area contributed by atoms with E-state index in [-0.39, 0.29) is 35.7 Å². The van der Waals surface area contributed by atoms with Crippen LogP contribution in [-0.2, 0) is 9.84 Å². The van der Waals surface area contributed by atoms with E-state index < -0.39 is 51.5 Å². The Bertz CT molecular complexity index is 1240. The van der Waals surface area contributed by atoms with E-state index in [1.807, 2.05) is 0 Å². The van der Waals surface area contributed by atoms with Crippen molar-refractivity contribution in [1.82, 2.24) is 9.47 Å². The van der Waals surface area contributed by atoms with Crippen molar-refractivity contribution in [2.75, 3.05) is 12.8 Å². The van der Waals surface area contributed by atoms with Crippen LogP contribution in [0.15, 0.2) is 46.2 Å². The number of amides is 1. The Kier molecular flexibility index (Phi) is 6.97. The number of pyridine rings is 1. The summed E-state index contributed by atoms with van der Waals surface area (Å²) < 4.78 is 83.9. The SMILES string of the molecule is CC(C1CC(Oc2ccn(-c3ccc(S(C)(=O)=O)cc3F)c(=O)c2)CCN1C(=O)O)C(F)(F)F. The van der Waals surface area contributed by atoms with E-state index in [2.05, 4.69) is 0 Å². The molecule has 0 spiro atoms. The number of carbonyl (C=O) groups is 1. The highest BCUT2D eigenvalue weighted by molar-refractivity contribution is 7.90. The molecule has 13 heteroatoms. The highest BCUT2D eigenvalue weighted by Gasteiger charge is 2.47. The number of benzene rings is 1. The number of piperidine rings is 1. The molecule has 186 valence electrons. The average Bonchev–Trinajstić information content (AvgIpc) is 2.72. The summed E-state index contributed by atoms with van der Waals surface area (Å²) in [6, 6.07) is 4.08. The second-order valence-electron chi connectivity index (χ2n) is 8.09. The molecule has 3 atom stereocenters. The molecule has 3 rings (SSSR count). The van der Waals surface area contributed by atoms with Crippen LogP contribution in [-0.4, -0.2) is 60.2 Å². The second kappa shape index (κ2) is 9.28. The van der Waals surface area contributed by atoms with Gasteiger partial charge in [-0.3, -0.25) is 9.36 Å².